The Kier molecular flexibility index (Phi) is 12.8. The van der Waals surface area contributed by atoms with Crippen LogP contribution in [0.1, 0.15) is 33.6 Å². The van der Waals surface area contributed by atoms with Gasteiger partial charge in [0, 0.05) is 60.0 Å². The fourth-order valence-electron chi connectivity index (χ4n) is 4.54. The van der Waals surface area contributed by atoms with Gasteiger partial charge < -0.3 is 10.6 Å². The molecule has 4 aromatic carbocycles. The topological polar surface area (TPSA) is 232 Å². The summed E-state index contributed by atoms with van der Waals surface area (Å²) in [4.78, 5) is 47.7. The molecule has 2 aliphatic heterocycles. The molecule has 0 atom stereocenters. The number of nitrogens with one attached hydrogen (secondary N) is 2. The molecule has 0 unspecified atom stereocenters. The minimum Gasteiger partial charge on any atom is -0.308 e. The summed E-state index contributed by atoms with van der Waals surface area (Å²) in [6, 6.07) is 27.3. The van der Waals surface area contributed by atoms with Crippen molar-refractivity contribution in [3.8, 4) is 0 Å². The maximum absolute atomic E-state index is 12.2. The Morgan fingerprint density at radius 2 is 0.922 bits per heavy atom. The summed E-state index contributed by atoms with van der Waals surface area (Å²) in [6.45, 7) is 0. The van der Waals surface area contributed by atoms with Crippen LogP contribution in [0.4, 0.5) is 11.4 Å². The van der Waals surface area contributed by atoms with Crippen LogP contribution >= 0.6 is 0 Å². The molecule has 4 amide bonds. The van der Waals surface area contributed by atoms with E-state index in [1.165, 1.54) is 46.4 Å². The van der Waals surface area contributed by atoms with Crippen LogP contribution in [0.15, 0.2) is 129 Å². The van der Waals surface area contributed by atoms with Crippen LogP contribution in [0.5, 0.6) is 0 Å². The number of para-hydroxylation sites is 2. The maximum Gasteiger partial charge on any atom is 0.294 e. The van der Waals surface area contributed by atoms with E-state index in [0.717, 1.165) is 12.1 Å². The van der Waals surface area contributed by atoms with E-state index in [1.54, 1.807) is 60.7 Å². The molecular weight excluding hydrogens is 830 g/mol. The molecule has 6 rings (SSSR count). The van der Waals surface area contributed by atoms with Gasteiger partial charge in [-0.2, -0.15) is 37.1 Å². The normalized spacial score (nSPS) is 14.1. The zero-order valence-corrected chi connectivity index (χ0v) is 32.4. The number of hydrazone groups is 2. The summed E-state index contributed by atoms with van der Waals surface area (Å²) < 4.78 is 62.7. The number of amidine groups is 2. The number of carbonyl (C=O) groups is 4. The fraction of sp³-hybridized carbons (Fsp3) is 0.0625. The summed E-state index contributed by atoms with van der Waals surface area (Å²) in [5.74, 6) is -1.56. The minimum absolute atomic E-state index is 0. The summed E-state index contributed by atoms with van der Waals surface area (Å²) in [7, 11) is -8.82. The van der Waals surface area contributed by atoms with Gasteiger partial charge in [-0.15, -0.1) is 0 Å². The van der Waals surface area contributed by atoms with Crippen LogP contribution in [0, 0.1) is 0 Å². The van der Waals surface area contributed by atoms with Gasteiger partial charge in [-0.1, -0.05) is 48.5 Å². The average Bonchev–Trinajstić information content (AvgIpc) is 3.65. The second-order valence-electron chi connectivity index (χ2n) is 10.4. The van der Waals surface area contributed by atoms with Gasteiger partial charge in [-0.25, -0.2) is 0 Å². The molecule has 16 nitrogen and oxygen atoms in total. The van der Waals surface area contributed by atoms with E-state index in [-0.39, 0.29) is 96.3 Å². The van der Waals surface area contributed by atoms with E-state index in [2.05, 4.69) is 20.8 Å². The predicted molar refractivity (Wildman–Crippen MR) is 185 cm³/mol. The van der Waals surface area contributed by atoms with Gasteiger partial charge in [0.05, 0.1) is 34.0 Å². The Labute approximate surface area is 331 Å². The number of rotatable bonds is 6. The van der Waals surface area contributed by atoms with Crippen LogP contribution in [0.25, 0.3) is 0 Å². The molecule has 0 saturated carbocycles. The van der Waals surface area contributed by atoms with Crippen molar-refractivity contribution in [2.45, 2.75) is 22.6 Å². The predicted octanol–water partition coefficient (Wildman–Crippen LogP) is 2.45. The third-order valence-corrected chi connectivity index (χ3v) is 8.56. The molecular formula is C32H26BaN6O10S2. The van der Waals surface area contributed by atoms with E-state index in [0.29, 0.717) is 11.4 Å². The SMILES string of the molecule is O=C(NC1=NN(c2ccccc2)C(=O)C1)c1cccc(S(=O)(=O)O)c1.O=C(NC1=NN(c2ccccc2)C(=O)C1)c1cccc(S(=O)(=O)O)c1.[Ba]. The maximum atomic E-state index is 12.2. The number of anilines is 2. The average molecular weight is 856 g/mol. The molecule has 0 spiro atoms. The zero-order chi connectivity index (χ0) is 36.1. The van der Waals surface area contributed by atoms with Crippen molar-refractivity contribution in [3.05, 3.63) is 120 Å². The first-order valence-corrected chi connectivity index (χ1v) is 17.3. The number of amides is 4. The molecule has 0 fully saturated rings. The van der Waals surface area contributed by atoms with Crippen molar-refractivity contribution in [1.29, 1.82) is 0 Å². The standard InChI is InChI=1S/2C16H13N3O5S.Ba/c2*20-15-10-14(18-19(15)12-6-2-1-3-7-12)17-16(21)11-5-4-8-13(9-11)25(22,23)24;/h2*1-9H,10H2,(H,17,18,21)(H,22,23,24);. The van der Waals surface area contributed by atoms with Crippen LogP contribution in [0.2, 0.25) is 0 Å². The number of nitrogens with zero attached hydrogens (tertiary/aromatic N) is 4. The first-order chi connectivity index (χ1) is 23.7. The van der Waals surface area contributed by atoms with Crippen LogP contribution in [-0.2, 0) is 29.8 Å². The van der Waals surface area contributed by atoms with Gasteiger partial charge >= 0.3 is 0 Å². The molecule has 4 N–H and O–H groups in total. The Bertz CT molecular complexity index is 2110. The Morgan fingerprint density at radius 3 is 1.25 bits per heavy atom. The Balaban J connectivity index is 0.000000224. The minimum atomic E-state index is -4.41. The van der Waals surface area contributed by atoms with Crippen LogP contribution in [0.3, 0.4) is 0 Å². The molecule has 0 aliphatic carbocycles. The number of hydrogen-bond donors (Lipinski definition) is 4. The molecule has 0 aromatic heterocycles. The van der Waals surface area contributed by atoms with Gasteiger partial charge in [0.15, 0.2) is 0 Å². The van der Waals surface area contributed by atoms with Crippen molar-refractivity contribution >= 4 is 116 Å². The molecule has 2 aliphatic rings. The van der Waals surface area contributed by atoms with E-state index in [1.807, 2.05) is 0 Å². The van der Waals surface area contributed by atoms with Gasteiger partial charge in [-0.05, 0) is 60.7 Å². The van der Waals surface area contributed by atoms with Crippen LogP contribution < -0.4 is 20.7 Å². The van der Waals surface area contributed by atoms with Crippen molar-refractivity contribution in [3.63, 3.8) is 0 Å². The fourth-order valence-corrected chi connectivity index (χ4v) is 5.60. The molecule has 4 aromatic rings. The molecule has 19 heteroatoms. The molecule has 0 bridgehead atoms. The number of hydrogen-bond acceptors (Lipinski definition) is 10. The van der Waals surface area contributed by atoms with E-state index in [9.17, 15) is 36.0 Å². The summed E-state index contributed by atoms with van der Waals surface area (Å²) in [5.41, 5.74) is 1.18. The molecule has 0 saturated heterocycles. The first kappa shape index (κ1) is 39.3. The molecule has 2 heterocycles. The van der Waals surface area contributed by atoms with Crippen molar-refractivity contribution in [2.75, 3.05) is 10.0 Å². The first-order valence-electron chi connectivity index (χ1n) is 14.4. The largest absolute Gasteiger partial charge is 0.308 e. The molecule has 258 valence electrons. The second-order valence-corrected chi connectivity index (χ2v) is 13.3. The molecule has 2 radical (unpaired) electrons. The third-order valence-electron chi connectivity index (χ3n) is 6.86. The second kappa shape index (κ2) is 16.7. The van der Waals surface area contributed by atoms with E-state index < -0.39 is 41.8 Å². The quantitative estimate of drug-likeness (QED) is 0.163. The molecule has 51 heavy (non-hydrogen) atoms. The van der Waals surface area contributed by atoms with Gasteiger partial charge in [0.1, 0.15) is 11.7 Å². The van der Waals surface area contributed by atoms with E-state index in [4.69, 9.17) is 9.11 Å². The van der Waals surface area contributed by atoms with Gasteiger partial charge in [0.2, 0.25) is 0 Å². The summed E-state index contributed by atoms with van der Waals surface area (Å²) in [5, 5.41) is 15.5. The van der Waals surface area contributed by atoms with Crippen molar-refractivity contribution in [2.24, 2.45) is 10.2 Å². The van der Waals surface area contributed by atoms with Gasteiger partial charge in [0.25, 0.3) is 43.9 Å². The van der Waals surface area contributed by atoms with Gasteiger partial charge in [-0.3, -0.25) is 28.3 Å². The van der Waals surface area contributed by atoms with Crippen LogP contribution in [-0.4, -0.2) is 110 Å². The monoisotopic (exact) mass is 856 g/mol. The Hall–Kier alpha value is -4.51. The number of carbonyl (C=O) groups excluding carboxylic acids is 4. The Morgan fingerprint density at radius 1 is 0.569 bits per heavy atom. The van der Waals surface area contributed by atoms with E-state index >= 15 is 0 Å². The number of benzene rings is 4. The van der Waals surface area contributed by atoms with Crippen molar-refractivity contribution in [1.82, 2.24) is 10.6 Å². The summed E-state index contributed by atoms with van der Waals surface area (Å²) >= 11 is 0. The summed E-state index contributed by atoms with van der Waals surface area (Å²) in [6.07, 6.45) is -0.169. The third kappa shape index (κ3) is 10.3. The smallest absolute Gasteiger partial charge is 0.294 e. The van der Waals surface area contributed by atoms with Crippen molar-refractivity contribution < 1.29 is 45.1 Å². The zero-order valence-electron chi connectivity index (χ0n) is 26.3.